The number of benzene rings is 1. The van der Waals surface area contributed by atoms with Crippen molar-refractivity contribution < 1.29 is 0 Å². The SMILES string of the molecule is CNCc1cn(Cc2c(C)cc(C)cc2C)nn1. The highest BCUT2D eigenvalue weighted by Gasteiger charge is 2.06. The van der Waals surface area contributed by atoms with Gasteiger partial charge in [0.2, 0.25) is 0 Å². The van der Waals surface area contributed by atoms with Crippen molar-refractivity contribution in [1.82, 2.24) is 20.3 Å². The van der Waals surface area contributed by atoms with Crippen LogP contribution in [-0.4, -0.2) is 22.0 Å². The smallest absolute Gasteiger partial charge is 0.0964 e. The van der Waals surface area contributed by atoms with Crippen molar-refractivity contribution in [2.24, 2.45) is 0 Å². The zero-order chi connectivity index (χ0) is 13.1. The second-order valence-corrected chi connectivity index (χ2v) is 4.82. The minimum atomic E-state index is 0.756. The van der Waals surface area contributed by atoms with Gasteiger partial charge < -0.3 is 5.32 Å². The lowest BCUT2D eigenvalue weighted by atomic mass is 10.00. The van der Waals surface area contributed by atoms with E-state index in [0.717, 1.165) is 18.8 Å². The standard InChI is InChI=1S/C14H20N4/c1-10-5-11(2)14(12(3)6-10)9-18-8-13(7-15-4)16-17-18/h5-6,8,15H,7,9H2,1-4H3. The summed E-state index contributed by atoms with van der Waals surface area (Å²) in [6.45, 7) is 7.98. The molecule has 1 aromatic heterocycles. The van der Waals surface area contributed by atoms with Crippen LogP contribution in [0.1, 0.15) is 27.9 Å². The molecule has 4 heteroatoms. The van der Waals surface area contributed by atoms with Gasteiger partial charge in [0.1, 0.15) is 0 Å². The van der Waals surface area contributed by atoms with Gasteiger partial charge in [-0.3, -0.25) is 0 Å². The molecule has 0 radical (unpaired) electrons. The van der Waals surface area contributed by atoms with Crippen molar-refractivity contribution in [3.8, 4) is 0 Å². The third-order valence-electron chi connectivity index (χ3n) is 3.10. The fraction of sp³-hybridized carbons (Fsp3) is 0.429. The molecular weight excluding hydrogens is 224 g/mol. The molecule has 0 saturated heterocycles. The Morgan fingerprint density at radius 3 is 2.44 bits per heavy atom. The summed E-state index contributed by atoms with van der Waals surface area (Å²) in [5.41, 5.74) is 6.25. The van der Waals surface area contributed by atoms with Crippen LogP contribution >= 0.6 is 0 Å². The number of aromatic nitrogens is 3. The van der Waals surface area contributed by atoms with E-state index in [2.05, 4.69) is 48.5 Å². The summed E-state index contributed by atoms with van der Waals surface area (Å²) in [6, 6.07) is 4.43. The van der Waals surface area contributed by atoms with E-state index >= 15 is 0 Å². The molecule has 0 bridgehead atoms. The van der Waals surface area contributed by atoms with E-state index in [1.807, 2.05) is 17.9 Å². The first-order chi connectivity index (χ1) is 8.60. The number of nitrogens with one attached hydrogen (secondary N) is 1. The average molecular weight is 244 g/mol. The highest BCUT2D eigenvalue weighted by molar-refractivity contribution is 5.37. The van der Waals surface area contributed by atoms with Gasteiger partial charge in [-0.1, -0.05) is 22.9 Å². The van der Waals surface area contributed by atoms with Gasteiger partial charge in [-0.2, -0.15) is 0 Å². The van der Waals surface area contributed by atoms with Gasteiger partial charge in [-0.25, -0.2) is 4.68 Å². The van der Waals surface area contributed by atoms with Crippen LogP contribution < -0.4 is 5.32 Å². The fourth-order valence-electron chi connectivity index (χ4n) is 2.30. The molecule has 2 aromatic rings. The quantitative estimate of drug-likeness (QED) is 0.894. The van der Waals surface area contributed by atoms with Gasteiger partial charge in [-0.05, 0) is 44.5 Å². The van der Waals surface area contributed by atoms with Crippen LogP contribution in [0.4, 0.5) is 0 Å². The molecular formula is C14H20N4. The third-order valence-corrected chi connectivity index (χ3v) is 3.10. The van der Waals surface area contributed by atoms with Gasteiger partial charge in [0.25, 0.3) is 0 Å². The summed E-state index contributed by atoms with van der Waals surface area (Å²) in [5.74, 6) is 0. The molecule has 96 valence electrons. The van der Waals surface area contributed by atoms with Crippen LogP contribution in [0.25, 0.3) is 0 Å². The van der Waals surface area contributed by atoms with Gasteiger partial charge in [-0.15, -0.1) is 5.10 Å². The Labute approximate surface area is 108 Å². The fourth-order valence-corrected chi connectivity index (χ4v) is 2.30. The van der Waals surface area contributed by atoms with Crippen molar-refractivity contribution in [2.45, 2.75) is 33.9 Å². The largest absolute Gasteiger partial charge is 0.314 e. The van der Waals surface area contributed by atoms with Gasteiger partial charge >= 0.3 is 0 Å². The molecule has 1 aromatic carbocycles. The molecule has 0 aliphatic heterocycles. The first-order valence-corrected chi connectivity index (χ1v) is 6.20. The summed E-state index contributed by atoms with van der Waals surface area (Å²) in [7, 11) is 1.91. The minimum Gasteiger partial charge on any atom is -0.314 e. The average Bonchev–Trinajstić information content (AvgIpc) is 2.72. The van der Waals surface area contributed by atoms with E-state index in [1.165, 1.54) is 22.3 Å². The predicted molar refractivity (Wildman–Crippen MR) is 72.5 cm³/mol. The normalized spacial score (nSPS) is 10.9. The van der Waals surface area contributed by atoms with Crippen molar-refractivity contribution in [3.05, 3.63) is 46.3 Å². The Balaban J connectivity index is 2.22. The lowest BCUT2D eigenvalue weighted by molar-refractivity contribution is 0.644. The van der Waals surface area contributed by atoms with Crippen LogP contribution in [0.3, 0.4) is 0 Å². The molecule has 0 unspecified atom stereocenters. The molecule has 0 aliphatic rings. The summed E-state index contributed by atoms with van der Waals surface area (Å²) >= 11 is 0. The number of hydrogen-bond acceptors (Lipinski definition) is 3. The summed E-state index contributed by atoms with van der Waals surface area (Å²) < 4.78 is 1.90. The summed E-state index contributed by atoms with van der Waals surface area (Å²) in [6.07, 6.45) is 2.00. The zero-order valence-electron chi connectivity index (χ0n) is 11.5. The Kier molecular flexibility index (Phi) is 3.77. The van der Waals surface area contributed by atoms with Gasteiger partial charge in [0.15, 0.2) is 0 Å². The predicted octanol–water partition coefficient (Wildman–Crippen LogP) is 1.97. The van der Waals surface area contributed by atoms with Crippen molar-refractivity contribution >= 4 is 0 Å². The maximum atomic E-state index is 4.16. The van der Waals surface area contributed by atoms with Crippen molar-refractivity contribution in [2.75, 3.05) is 7.05 Å². The summed E-state index contributed by atoms with van der Waals surface area (Å²) in [4.78, 5) is 0. The molecule has 1 heterocycles. The van der Waals surface area contributed by atoms with E-state index < -0.39 is 0 Å². The Bertz CT molecular complexity index is 519. The van der Waals surface area contributed by atoms with Gasteiger partial charge in [0, 0.05) is 6.54 Å². The van der Waals surface area contributed by atoms with Crippen LogP contribution in [0.2, 0.25) is 0 Å². The van der Waals surface area contributed by atoms with Crippen LogP contribution in [-0.2, 0) is 13.1 Å². The first kappa shape index (κ1) is 12.8. The molecule has 18 heavy (non-hydrogen) atoms. The number of rotatable bonds is 4. The molecule has 4 nitrogen and oxygen atoms in total. The van der Waals surface area contributed by atoms with Gasteiger partial charge in [0.05, 0.1) is 18.4 Å². The molecule has 0 fully saturated rings. The number of hydrogen-bond donors (Lipinski definition) is 1. The molecule has 1 N–H and O–H groups in total. The second kappa shape index (κ2) is 5.31. The van der Waals surface area contributed by atoms with Crippen LogP contribution in [0.5, 0.6) is 0 Å². The van der Waals surface area contributed by atoms with E-state index in [0.29, 0.717) is 0 Å². The first-order valence-electron chi connectivity index (χ1n) is 6.20. The topological polar surface area (TPSA) is 42.7 Å². The monoisotopic (exact) mass is 244 g/mol. The van der Waals surface area contributed by atoms with E-state index in [-0.39, 0.29) is 0 Å². The minimum absolute atomic E-state index is 0.756. The molecule has 0 saturated carbocycles. The number of aryl methyl sites for hydroxylation is 3. The maximum absolute atomic E-state index is 4.16. The molecule has 0 aliphatic carbocycles. The lowest BCUT2D eigenvalue weighted by Crippen LogP contribution is -2.06. The molecule has 0 amide bonds. The maximum Gasteiger partial charge on any atom is 0.0964 e. The Hall–Kier alpha value is -1.68. The highest BCUT2D eigenvalue weighted by atomic mass is 15.4. The summed E-state index contributed by atoms with van der Waals surface area (Å²) in [5, 5.41) is 11.4. The number of nitrogens with zero attached hydrogens (tertiary/aromatic N) is 3. The van der Waals surface area contributed by atoms with E-state index in [4.69, 9.17) is 0 Å². The lowest BCUT2D eigenvalue weighted by Gasteiger charge is -2.10. The van der Waals surface area contributed by atoms with E-state index in [1.54, 1.807) is 0 Å². The Morgan fingerprint density at radius 1 is 1.17 bits per heavy atom. The van der Waals surface area contributed by atoms with Crippen LogP contribution in [0.15, 0.2) is 18.3 Å². The van der Waals surface area contributed by atoms with Crippen molar-refractivity contribution in [3.63, 3.8) is 0 Å². The van der Waals surface area contributed by atoms with Crippen LogP contribution in [0, 0.1) is 20.8 Å². The second-order valence-electron chi connectivity index (χ2n) is 4.82. The third kappa shape index (κ3) is 2.76. The zero-order valence-corrected chi connectivity index (χ0v) is 11.5. The molecule has 2 rings (SSSR count). The Morgan fingerprint density at radius 2 is 1.83 bits per heavy atom. The molecule has 0 spiro atoms. The molecule has 0 atom stereocenters. The van der Waals surface area contributed by atoms with Crippen molar-refractivity contribution in [1.29, 1.82) is 0 Å². The highest BCUT2D eigenvalue weighted by Crippen LogP contribution is 2.17. The van der Waals surface area contributed by atoms with E-state index in [9.17, 15) is 0 Å².